The van der Waals surface area contributed by atoms with Gasteiger partial charge in [-0.15, -0.1) is 0 Å². The van der Waals surface area contributed by atoms with E-state index in [0.29, 0.717) is 40.4 Å². The second kappa shape index (κ2) is 12.4. The molecule has 1 unspecified atom stereocenters. The van der Waals surface area contributed by atoms with Gasteiger partial charge in [0.05, 0.1) is 26.3 Å². The molecule has 2 aliphatic heterocycles. The summed E-state index contributed by atoms with van der Waals surface area (Å²) in [5.41, 5.74) is 1.33. The van der Waals surface area contributed by atoms with Gasteiger partial charge in [0.15, 0.2) is 5.11 Å². The van der Waals surface area contributed by atoms with Gasteiger partial charge < -0.3 is 24.6 Å². The van der Waals surface area contributed by atoms with Gasteiger partial charge in [0, 0.05) is 12.2 Å². The number of carbonyl (C=O) groups is 2. The normalized spacial score (nSPS) is 18.8. The van der Waals surface area contributed by atoms with E-state index in [1.165, 1.54) is 0 Å². The Bertz CT molecular complexity index is 1080. The van der Waals surface area contributed by atoms with Crippen molar-refractivity contribution in [2.24, 2.45) is 5.92 Å². The minimum absolute atomic E-state index is 0.0202. The molecular formula is C28H36N4O4S. The van der Waals surface area contributed by atoms with Crippen LogP contribution in [-0.2, 0) is 9.59 Å². The number of piperidine rings is 1. The fraction of sp³-hybridized carbons (Fsp3) is 0.464. The average Bonchev–Trinajstić information content (AvgIpc) is 3.14. The van der Waals surface area contributed by atoms with Gasteiger partial charge in [0.25, 0.3) is 5.91 Å². The first kappa shape index (κ1) is 26.9. The van der Waals surface area contributed by atoms with E-state index in [4.69, 9.17) is 21.7 Å². The van der Waals surface area contributed by atoms with Crippen LogP contribution in [0.3, 0.4) is 0 Å². The van der Waals surface area contributed by atoms with Gasteiger partial charge in [-0.3, -0.25) is 14.5 Å². The molecule has 0 saturated carbocycles. The molecule has 2 heterocycles. The number of methoxy groups -OCH3 is 2. The quantitative estimate of drug-likeness (QED) is 0.468. The number of anilines is 2. The van der Waals surface area contributed by atoms with Gasteiger partial charge >= 0.3 is 0 Å². The molecule has 0 aliphatic carbocycles. The van der Waals surface area contributed by atoms with E-state index in [0.717, 1.165) is 38.9 Å². The Labute approximate surface area is 224 Å². The molecule has 0 radical (unpaired) electrons. The zero-order valence-electron chi connectivity index (χ0n) is 21.8. The van der Waals surface area contributed by atoms with Crippen molar-refractivity contribution in [3.8, 4) is 11.5 Å². The van der Waals surface area contributed by atoms with Gasteiger partial charge in [-0.1, -0.05) is 6.92 Å². The standard InChI is InChI=1S/C28H36N4O4S/c1-4-15-30-16-13-20(14-17-30)19-31-25(18-26(33)29-21-5-9-23(35-2)10-6-21)27(34)32(28(31)37)22-7-11-24(36-3)12-8-22/h5-12,20,25H,4,13-19H2,1-3H3,(H,29,33). The fourth-order valence-corrected chi connectivity index (χ4v) is 5.46. The summed E-state index contributed by atoms with van der Waals surface area (Å²) < 4.78 is 10.5. The molecule has 0 aromatic heterocycles. The maximum Gasteiger partial charge on any atom is 0.256 e. The second-order valence-electron chi connectivity index (χ2n) is 9.59. The van der Waals surface area contributed by atoms with E-state index in [-0.39, 0.29) is 18.2 Å². The summed E-state index contributed by atoms with van der Waals surface area (Å²) in [6, 6.07) is 13.7. The molecule has 37 heavy (non-hydrogen) atoms. The summed E-state index contributed by atoms with van der Waals surface area (Å²) in [4.78, 5) is 32.8. The maximum atomic E-state index is 13.7. The number of likely N-dealkylation sites (tertiary alicyclic amines) is 1. The van der Waals surface area contributed by atoms with E-state index >= 15 is 0 Å². The lowest BCUT2D eigenvalue weighted by molar-refractivity contribution is -0.124. The van der Waals surface area contributed by atoms with Crippen molar-refractivity contribution in [2.45, 2.75) is 38.6 Å². The molecule has 198 valence electrons. The third kappa shape index (κ3) is 6.40. The third-order valence-electron chi connectivity index (χ3n) is 7.10. The lowest BCUT2D eigenvalue weighted by Crippen LogP contribution is -2.44. The SMILES string of the molecule is CCCN1CCC(CN2C(=S)N(c3ccc(OC)cc3)C(=O)C2CC(=O)Nc2ccc(OC)cc2)CC1. The fourth-order valence-electron chi connectivity index (χ4n) is 5.06. The van der Waals surface area contributed by atoms with Gasteiger partial charge in [0.1, 0.15) is 17.5 Å². The molecule has 9 heteroatoms. The molecule has 8 nitrogen and oxygen atoms in total. The number of carbonyl (C=O) groups excluding carboxylic acids is 2. The van der Waals surface area contributed by atoms with E-state index in [1.807, 2.05) is 29.2 Å². The van der Waals surface area contributed by atoms with Crippen LogP contribution < -0.4 is 19.7 Å². The van der Waals surface area contributed by atoms with Crippen molar-refractivity contribution >= 4 is 40.5 Å². The molecule has 2 aromatic rings. The number of ether oxygens (including phenoxy) is 2. The number of nitrogens with zero attached hydrogens (tertiary/aromatic N) is 3. The number of hydrogen-bond donors (Lipinski definition) is 1. The average molecular weight is 525 g/mol. The van der Waals surface area contributed by atoms with E-state index in [9.17, 15) is 9.59 Å². The molecule has 4 rings (SSSR count). The van der Waals surface area contributed by atoms with Crippen molar-refractivity contribution in [3.63, 3.8) is 0 Å². The van der Waals surface area contributed by atoms with Gasteiger partial charge in [-0.05, 0) is 106 Å². The van der Waals surface area contributed by atoms with Crippen LogP contribution in [0.15, 0.2) is 48.5 Å². The minimum atomic E-state index is -0.651. The molecule has 1 N–H and O–H groups in total. The van der Waals surface area contributed by atoms with Crippen molar-refractivity contribution in [1.29, 1.82) is 0 Å². The Kier molecular flexibility index (Phi) is 9.00. The van der Waals surface area contributed by atoms with Gasteiger partial charge in [0.2, 0.25) is 5.91 Å². The van der Waals surface area contributed by atoms with Gasteiger partial charge in [-0.25, -0.2) is 0 Å². The monoisotopic (exact) mass is 524 g/mol. The largest absolute Gasteiger partial charge is 0.497 e. The van der Waals surface area contributed by atoms with Crippen LogP contribution in [0.2, 0.25) is 0 Å². The highest BCUT2D eigenvalue weighted by Gasteiger charge is 2.45. The van der Waals surface area contributed by atoms with Crippen molar-refractivity contribution in [2.75, 3.05) is 50.6 Å². The molecule has 0 bridgehead atoms. The van der Waals surface area contributed by atoms with Gasteiger partial charge in [-0.2, -0.15) is 0 Å². The highest BCUT2D eigenvalue weighted by atomic mass is 32.1. The first-order valence-corrected chi connectivity index (χ1v) is 13.3. The Morgan fingerprint density at radius 2 is 1.59 bits per heavy atom. The molecule has 2 fully saturated rings. The van der Waals surface area contributed by atoms with E-state index < -0.39 is 6.04 Å². The topological polar surface area (TPSA) is 74.4 Å². The molecule has 2 aromatic carbocycles. The van der Waals surface area contributed by atoms with Crippen molar-refractivity contribution in [3.05, 3.63) is 48.5 Å². The van der Waals surface area contributed by atoms with Crippen LogP contribution in [0.4, 0.5) is 11.4 Å². The van der Waals surface area contributed by atoms with Crippen LogP contribution >= 0.6 is 12.2 Å². The van der Waals surface area contributed by atoms with Crippen LogP contribution in [0.25, 0.3) is 0 Å². The molecule has 2 saturated heterocycles. The smallest absolute Gasteiger partial charge is 0.256 e. The van der Waals surface area contributed by atoms with E-state index in [2.05, 4.69) is 17.1 Å². The minimum Gasteiger partial charge on any atom is -0.497 e. The Balaban J connectivity index is 1.51. The summed E-state index contributed by atoms with van der Waals surface area (Å²) >= 11 is 5.85. The summed E-state index contributed by atoms with van der Waals surface area (Å²) in [7, 11) is 3.20. The number of benzene rings is 2. The van der Waals surface area contributed by atoms with E-state index in [1.54, 1.807) is 43.4 Å². The maximum absolute atomic E-state index is 13.7. The Hall–Kier alpha value is -3.17. The van der Waals surface area contributed by atoms with Crippen LogP contribution in [0.5, 0.6) is 11.5 Å². The van der Waals surface area contributed by atoms with Crippen LogP contribution in [-0.4, -0.2) is 73.2 Å². The second-order valence-corrected chi connectivity index (χ2v) is 9.95. The first-order valence-electron chi connectivity index (χ1n) is 12.9. The molecule has 0 spiro atoms. The molecule has 2 aliphatic rings. The lowest BCUT2D eigenvalue weighted by atomic mass is 9.95. The number of amides is 2. The van der Waals surface area contributed by atoms with Crippen molar-refractivity contribution < 1.29 is 19.1 Å². The zero-order chi connectivity index (χ0) is 26.4. The summed E-state index contributed by atoms with van der Waals surface area (Å²) in [6.45, 7) is 6.09. The predicted molar refractivity (Wildman–Crippen MR) is 149 cm³/mol. The van der Waals surface area contributed by atoms with Crippen LogP contribution in [0.1, 0.15) is 32.6 Å². The Morgan fingerprint density at radius 1 is 1.00 bits per heavy atom. The van der Waals surface area contributed by atoms with Crippen molar-refractivity contribution in [1.82, 2.24) is 9.80 Å². The summed E-state index contributed by atoms with van der Waals surface area (Å²) in [6.07, 6.45) is 3.28. The summed E-state index contributed by atoms with van der Waals surface area (Å²) in [5.74, 6) is 1.42. The summed E-state index contributed by atoms with van der Waals surface area (Å²) in [5, 5.41) is 3.36. The number of rotatable bonds is 10. The highest BCUT2D eigenvalue weighted by molar-refractivity contribution is 7.80. The van der Waals surface area contributed by atoms with Crippen LogP contribution in [0, 0.1) is 5.92 Å². The zero-order valence-corrected chi connectivity index (χ0v) is 22.6. The highest BCUT2D eigenvalue weighted by Crippen LogP contribution is 2.31. The Morgan fingerprint density at radius 3 is 2.16 bits per heavy atom. The molecular weight excluding hydrogens is 488 g/mol. The molecule has 1 atom stereocenters. The predicted octanol–water partition coefficient (Wildman–Crippen LogP) is 4.16. The third-order valence-corrected chi connectivity index (χ3v) is 7.52. The lowest BCUT2D eigenvalue weighted by Gasteiger charge is -2.35. The first-order chi connectivity index (χ1) is 17.9. The number of nitrogens with one attached hydrogen (secondary N) is 1. The molecule has 2 amide bonds. The number of thiocarbonyl (C=S) groups is 1. The number of hydrogen-bond acceptors (Lipinski definition) is 6.